The first kappa shape index (κ1) is 8.15. The first-order valence-electron chi connectivity index (χ1n) is 4.41. The van der Waals surface area contributed by atoms with E-state index in [0.717, 1.165) is 0 Å². The van der Waals surface area contributed by atoms with Gasteiger partial charge >= 0.3 is 6.18 Å². The van der Waals surface area contributed by atoms with Gasteiger partial charge in [0.15, 0.2) is 0 Å². The summed E-state index contributed by atoms with van der Waals surface area (Å²) in [5, 5.41) is 0. The molecule has 0 spiro atoms. The summed E-state index contributed by atoms with van der Waals surface area (Å²) in [4.78, 5) is 0. The number of ether oxygens (including phenoxy) is 1. The first-order chi connectivity index (χ1) is 6.59. The lowest BCUT2D eigenvalue weighted by Gasteiger charge is -2.10. The third-order valence-corrected chi connectivity index (χ3v) is 2.87. The molecule has 4 heteroatoms. The monoisotopic (exact) mass is 200 g/mol. The molecule has 3 atom stereocenters. The summed E-state index contributed by atoms with van der Waals surface area (Å²) in [5.41, 5.74) is 0.708. The predicted octanol–water partition coefficient (Wildman–Crippen LogP) is 2.72. The van der Waals surface area contributed by atoms with Gasteiger partial charge in [0.05, 0.1) is 0 Å². The summed E-state index contributed by atoms with van der Waals surface area (Å²) in [6, 6.07) is 6.95. The minimum atomic E-state index is -4.12. The van der Waals surface area contributed by atoms with Crippen molar-refractivity contribution in [1.82, 2.24) is 0 Å². The molecule has 0 radical (unpaired) electrons. The Morgan fingerprint density at radius 2 is 1.86 bits per heavy atom. The van der Waals surface area contributed by atoms with Crippen molar-refractivity contribution in [3.63, 3.8) is 0 Å². The summed E-state index contributed by atoms with van der Waals surface area (Å²) in [5.74, 6) is -1.12. The standard InChI is InChI=1S/C10H7F3O/c11-10(12,13)8-7-5-3-1-2-4-6(5)14-9(7)8/h1-4,7-9H/t7-,8-,9-/m0/s1. The normalized spacial score (nSPS) is 33.2. The minimum absolute atomic E-state index is 0.453. The highest BCUT2D eigenvalue weighted by atomic mass is 19.4. The number of hydrogen-bond acceptors (Lipinski definition) is 1. The number of fused-ring (bicyclic) bond motifs is 3. The fourth-order valence-corrected chi connectivity index (χ4v) is 2.20. The van der Waals surface area contributed by atoms with E-state index in [9.17, 15) is 13.2 Å². The lowest BCUT2D eigenvalue weighted by atomic mass is 10.1. The average molecular weight is 200 g/mol. The molecule has 1 aromatic carbocycles. The molecule has 1 saturated carbocycles. The van der Waals surface area contributed by atoms with Crippen LogP contribution in [0, 0.1) is 5.92 Å². The Bertz CT molecular complexity index is 385. The van der Waals surface area contributed by atoms with Crippen molar-refractivity contribution in [2.75, 3.05) is 0 Å². The van der Waals surface area contributed by atoms with Crippen LogP contribution < -0.4 is 4.74 Å². The first-order valence-corrected chi connectivity index (χ1v) is 4.41. The Labute approximate surface area is 78.5 Å². The molecule has 74 valence electrons. The lowest BCUT2D eigenvalue weighted by molar-refractivity contribution is -0.155. The maximum absolute atomic E-state index is 12.4. The van der Waals surface area contributed by atoms with E-state index in [1.165, 1.54) is 0 Å². The average Bonchev–Trinajstić information content (AvgIpc) is 2.71. The van der Waals surface area contributed by atoms with Crippen LogP contribution in [0.1, 0.15) is 11.5 Å². The zero-order chi connectivity index (χ0) is 9.92. The highest BCUT2D eigenvalue weighted by Crippen LogP contribution is 2.63. The summed E-state index contributed by atoms with van der Waals surface area (Å²) in [6.45, 7) is 0. The molecule has 0 unspecified atom stereocenters. The van der Waals surface area contributed by atoms with Crippen molar-refractivity contribution < 1.29 is 17.9 Å². The summed E-state index contributed by atoms with van der Waals surface area (Å²) in [7, 11) is 0. The van der Waals surface area contributed by atoms with E-state index in [1.807, 2.05) is 0 Å². The quantitative estimate of drug-likeness (QED) is 0.625. The van der Waals surface area contributed by atoms with Crippen LogP contribution in [0.3, 0.4) is 0 Å². The van der Waals surface area contributed by atoms with Crippen molar-refractivity contribution in [2.24, 2.45) is 5.92 Å². The fraction of sp³-hybridized carbons (Fsp3) is 0.400. The molecule has 2 aliphatic rings. The van der Waals surface area contributed by atoms with Crippen LogP contribution in [0.25, 0.3) is 0 Å². The van der Waals surface area contributed by atoms with E-state index in [2.05, 4.69) is 0 Å². The Morgan fingerprint density at radius 3 is 2.57 bits per heavy atom. The van der Waals surface area contributed by atoms with Gasteiger partial charge in [-0.25, -0.2) is 0 Å². The van der Waals surface area contributed by atoms with Crippen LogP contribution in [-0.4, -0.2) is 12.3 Å². The third-order valence-electron chi connectivity index (χ3n) is 2.87. The number of rotatable bonds is 0. The SMILES string of the molecule is FC(F)(F)[C@@H]1[C@H]2Oc3ccccc3[C@H]21. The molecular weight excluding hydrogens is 193 g/mol. The molecule has 1 heterocycles. The van der Waals surface area contributed by atoms with Gasteiger partial charge in [-0.2, -0.15) is 13.2 Å². The topological polar surface area (TPSA) is 9.23 Å². The van der Waals surface area contributed by atoms with Crippen molar-refractivity contribution in [3.8, 4) is 5.75 Å². The Kier molecular flexibility index (Phi) is 1.30. The van der Waals surface area contributed by atoms with Gasteiger partial charge in [-0.1, -0.05) is 18.2 Å². The van der Waals surface area contributed by atoms with E-state index in [0.29, 0.717) is 11.3 Å². The zero-order valence-corrected chi connectivity index (χ0v) is 7.08. The molecule has 0 saturated heterocycles. The van der Waals surface area contributed by atoms with Crippen molar-refractivity contribution in [3.05, 3.63) is 29.8 Å². The summed E-state index contributed by atoms with van der Waals surface area (Å²) < 4.78 is 42.3. The second-order valence-electron chi connectivity index (χ2n) is 3.71. The zero-order valence-electron chi connectivity index (χ0n) is 7.08. The van der Waals surface area contributed by atoms with Gasteiger partial charge in [-0.3, -0.25) is 0 Å². The predicted molar refractivity (Wildman–Crippen MR) is 43.1 cm³/mol. The largest absolute Gasteiger partial charge is 0.489 e. The second-order valence-corrected chi connectivity index (χ2v) is 3.71. The highest BCUT2D eigenvalue weighted by Gasteiger charge is 2.70. The van der Waals surface area contributed by atoms with Crippen molar-refractivity contribution in [1.29, 1.82) is 0 Å². The van der Waals surface area contributed by atoms with Crippen LogP contribution in [0.4, 0.5) is 13.2 Å². The van der Waals surface area contributed by atoms with Gasteiger partial charge in [0.1, 0.15) is 17.8 Å². The minimum Gasteiger partial charge on any atom is -0.489 e. The van der Waals surface area contributed by atoms with Crippen molar-refractivity contribution >= 4 is 0 Å². The molecule has 3 rings (SSSR count). The molecule has 0 aromatic heterocycles. The lowest BCUT2D eigenvalue weighted by Crippen LogP contribution is -2.17. The summed E-state index contributed by atoms with van der Waals surface area (Å²) >= 11 is 0. The van der Waals surface area contributed by atoms with Gasteiger partial charge in [0, 0.05) is 11.5 Å². The van der Waals surface area contributed by atoms with Crippen molar-refractivity contribution in [2.45, 2.75) is 18.2 Å². The number of alkyl halides is 3. The third kappa shape index (κ3) is 0.910. The van der Waals surface area contributed by atoms with E-state index >= 15 is 0 Å². The molecule has 14 heavy (non-hydrogen) atoms. The van der Waals surface area contributed by atoms with Gasteiger partial charge < -0.3 is 4.74 Å². The number of halogens is 3. The van der Waals surface area contributed by atoms with Gasteiger partial charge in [0.2, 0.25) is 0 Å². The molecule has 0 bridgehead atoms. The molecule has 1 aromatic rings. The van der Waals surface area contributed by atoms with Crippen LogP contribution >= 0.6 is 0 Å². The van der Waals surface area contributed by atoms with Crippen LogP contribution in [0.2, 0.25) is 0 Å². The van der Waals surface area contributed by atoms with Gasteiger partial charge in [0.25, 0.3) is 0 Å². The fourth-order valence-electron chi connectivity index (χ4n) is 2.20. The number of benzene rings is 1. The Morgan fingerprint density at radius 1 is 1.14 bits per heavy atom. The van der Waals surface area contributed by atoms with E-state index in [-0.39, 0.29) is 0 Å². The molecule has 0 N–H and O–H groups in total. The smallest absolute Gasteiger partial charge is 0.396 e. The van der Waals surface area contributed by atoms with Crippen LogP contribution in [-0.2, 0) is 0 Å². The van der Waals surface area contributed by atoms with Gasteiger partial charge in [-0.15, -0.1) is 0 Å². The molecular formula is C10H7F3O. The number of hydrogen-bond donors (Lipinski definition) is 0. The van der Waals surface area contributed by atoms with E-state index in [1.54, 1.807) is 24.3 Å². The maximum atomic E-state index is 12.4. The van der Waals surface area contributed by atoms with Gasteiger partial charge in [-0.05, 0) is 6.07 Å². The van der Waals surface area contributed by atoms with E-state index < -0.39 is 24.1 Å². The molecule has 0 amide bonds. The van der Waals surface area contributed by atoms with E-state index in [4.69, 9.17) is 4.74 Å². The molecule has 1 aliphatic carbocycles. The second kappa shape index (κ2) is 2.24. The maximum Gasteiger partial charge on any atom is 0.396 e. The Balaban J connectivity index is 1.95. The highest BCUT2D eigenvalue weighted by molar-refractivity contribution is 5.47. The molecule has 1 aliphatic heterocycles. The van der Waals surface area contributed by atoms with Crippen LogP contribution in [0.15, 0.2) is 24.3 Å². The number of para-hydroxylation sites is 1. The molecule has 1 nitrogen and oxygen atoms in total. The summed E-state index contributed by atoms with van der Waals surface area (Å²) in [6.07, 6.45) is -4.78. The van der Waals surface area contributed by atoms with Crippen LogP contribution in [0.5, 0.6) is 5.75 Å². The Hall–Kier alpha value is -1.19. The molecule has 1 fully saturated rings.